The van der Waals surface area contributed by atoms with E-state index >= 15 is 0 Å². The number of hydrogen-bond donors (Lipinski definition) is 2. The smallest absolute Gasteiger partial charge is 0.307 e. The lowest BCUT2D eigenvalue weighted by molar-refractivity contribution is -0.144. The lowest BCUT2D eigenvalue weighted by atomic mass is 9.86. The molecule has 1 fully saturated rings. The van der Waals surface area contributed by atoms with Gasteiger partial charge in [0.1, 0.15) is 0 Å². The van der Waals surface area contributed by atoms with Gasteiger partial charge in [-0.25, -0.2) is 0 Å². The highest BCUT2D eigenvalue weighted by Crippen LogP contribution is 2.29. The number of rotatable bonds is 4. The van der Waals surface area contributed by atoms with E-state index in [9.17, 15) is 14.7 Å². The number of carbonyl (C=O) groups is 2. The van der Waals surface area contributed by atoms with Gasteiger partial charge in [-0.1, -0.05) is 45.9 Å². The number of piperidine rings is 1. The number of hydrogen-bond acceptors (Lipinski definition) is 3. The van der Waals surface area contributed by atoms with Gasteiger partial charge < -0.3 is 10.4 Å². The number of carboxylic acids is 1. The molecule has 2 unspecified atom stereocenters. The molecule has 0 aliphatic carbocycles. The van der Waals surface area contributed by atoms with E-state index in [1.165, 1.54) is 0 Å². The summed E-state index contributed by atoms with van der Waals surface area (Å²) in [4.78, 5) is 25.6. The summed E-state index contributed by atoms with van der Waals surface area (Å²) in [6, 6.07) is 7.82. The van der Waals surface area contributed by atoms with Crippen molar-refractivity contribution in [3.8, 4) is 0 Å². The summed E-state index contributed by atoms with van der Waals surface area (Å²) in [7, 11) is 0. The summed E-state index contributed by atoms with van der Waals surface area (Å²) < 4.78 is 0. The normalized spacial score (nSPS) is 22.2. The lowest BCUT2D eigenvalue weighted by Gasteiger charge is -2.34. The molecule has 0 bridgehead atoms. The van der Waals surface area contributed by atoms with Crippen LogP contribution in [0, 0.1) is 11.8 Å². The van der Waals surface area contributed by atoms with Crippen LogP contribution < -0.4 is 5.32 Å². The second-order valence-corrected chi connectivity index (χ2v) is 7.91. The fourth-order valence-electron chi connectivity index (χ4n) is 3.41. The summed E-state index contributed by atoms with van der Waals surface area (Å²) in [5, 5.41) is 12.2. The van der Waals surface area contributed by atoms with E-state index < -0.39 is 5.97 Å². The molecule has 1 aromatic carbocycles. The number of likely N-dealkylation sites (tertiary alicyclic amines) is 1. The van der Waals surface area contributed by atoms with Crippen LogP contribution in [-0.4, -0.2) is 41.5 Å². The van der Waals surface area contributed by atoms with Crippen molar-refractivity contribution in [3.05, 3.63) is 29.8 Å². The maximum Gasteiger partial charge on any atom is 0.307 e. The number of para-hydroxylation sites is 1. The first-order chi connectivity index (χ1) is 11.2. The fraction of sp³-hybridized carbons (Fsp3) is 0.579. The van der Waals surface area contributed by atoms with Crippen LogP contribution in [0.3, 0.4) is 0 Å². The molecular formula is C19H28N2O3. The fourth-order valence-corrected chi connectivity index (χ4v) is 3.41. The van der Waals surface area contributed by atoms with Crippen molar-refractivity contribution in [1.29, 1.82) is 0 Å². The van der Waals surface area contributed by atoms with Crippen molar-refractivity contribution < 1.29 is 14.7 Å². The topological polar surface area (TPSA) is 69.6 Å². The highest BCUT2D eigenvalue weighted by molar-refractivity contribution is 5.93. The van der Waals surface area contributed by atoms with E-state index in [0.29, 0.717) is 13.0 Å². The highest BCUT2D eigenvalue weighted by Gasteiger charge is 2.30. The predicted octanol–water partition coefficient (Wildman–Crippen LogP) is 2.97. The number of amides is 1. The molecule has 1 amide bonds. The van der Waals surface area contributed by atoms with Gasteiger partial charge in [0, 0.05) is 18.8 Å². The van der Waals surface area contributed by atoms with E-state index in [-0.39, 0.29) is 29.7 Å². The SMILES string of the molecule is CC1CC(C(=O)O)CN(CC(=O)Nc2ccccc2C(C)(C)C)C1. The third-order valence-electron chi connectivity index (χ3n) is 4.46. The van der Waals surface area contributed by atoms with Crippen LogP contribution in [0.2, 0.25) is 0 Å². The van der Waals surface area contributed by atoms with E-state index in [1.54, 1.807) is 0 Å². The molecule has 5 nitrogen and oxygen atoms in total. The first-order valence-electron chi connectivity index (χ1n) is 8.51. The predicted molar refractivity (Wildman–Crippen MR) is 95.1 cm³/mol. The van der Waals surface area contributed by atoms with E-state index in [2.05, 4.69) is 26.1 Å². The number of carbonyl (C=O) groups excluding carboxylic acids is 1. The summed E-state index contributed by atoms with van der Waals surface area (Å²) in [6.45, 7) is 9.80. The van der Waals surface area contributed by atoms with E-state index in [0.717, 1.165) is 17.8 Å². The minimum atomic E-state index is -0.773. The molecule has 1 aliphatic rings. The summed E-state index contributed by atoms with van der Waals surface area (Å²) >= 11 is 0. The van der Waals surface area contributed by atoms with Gasteiger partial charge >= 0.3 is 5.97 Å². The zero-order valence-corrected chi connectivity index (χ0v) is 15.0. The van der Waals surface area contributed by atoms with Crippen molar-refractivity contribution in [2.75, 3.05) is 25.0 Å². The van der Waals surface area contributed by atoms with Crippen LogP contribution in [0.5, 0.6) is 0 Å². The first kappa shape index (κ1) is 18.5. The first-order valence-corrected chi connectivity index (χ1v) is 8.51. The molecule has 1 heterocycles. The van der Waals surface area contributed by atoms with Crippen molar-refractivity contribution in [2.24, 2.45) is 11.8 Å². The lowest BCUT2D eigenvalue weighted by Crippen LogP contribution is -2.45. The largest absolute Gasteiger partial charge is 0.481 e. The monoisotopic (exact) mass is 332 g/mol. The van der Waals surface area contributed by atoms with Crippen LogP contribution in [0.1, 0.15) is 39.7 Å². The van der Waals surface area contributed by atoms with Crippen molar-refractivity contribution in [1.82, 2.24) is 4.90 Å². The molecule has 0 spiro atoms. The molecule has 0 aromatic heterocycles. The Morgan fingerprint density at radius 2 is 1.92 bits per heavy atom. The Morgan fingerprint density at radius 3 is 2.54 bits per heavy atom. The number of aliphatic carboxylic acids is 1. The Kier molecular flexibility index (Phi) is 5.65. The zero-order chi connectivity index (χ0) is 17.9. The van der Waals surface area contributed by atoms with Crippen molar-refractivity contribution in [2.45, 2.75) is 39.5 Å². The maximum atomic E-state index is 12.4. The Hall–Kier alpha value is -1.88. The number of carboxylic acid groups (broad SMARTS) is 1. The highest BCUT2D eigenvalue weighted by atomic mass is 16.4. The molecule has 0 saturated carbocycles. The second-order valence-electron chi connectivity index (χ2n) is 7.91. The van der Waals surface area contributed by atoms with Gasteiger partial charge in [0.2, 0.25) is 5.91 Å². The van der Waals surface area contributed by atoms with Crippen LogP contribution >= 0.6 is 0 Å². The average Bonchev–Trinajstić information content (AvgIpc) is 2.45. The van der Waals surface area contributed by atoms with Gasteiger partial charge in [-0.2, -0.15) is 0 Å². The average molecular weight is 332 g/mol. The molecule has 5 heteroatoms. The van der Waals surface area contributed by atoms with Crippen molar-refractivity contribution in [3.63, 3.8) is 0 Å². The standard InChI is InChI=1S/C19H28N2O3/c1-13-9-14(18(23)24)11-21(10-13)12-17(22)20-16-8-6-5-7-15(16)19(2,3)4/h5-8,13-14H,9-12H2,1-4H3,(H,20,22)(H,23,24). The van der Waals surface area contributed by atoms with Crippen LogP contribution in [0.15, 0.2) is 24.3 Å². The molecule has 2 N–H and O–H groups in total. The van der Waals surface area contributed by atoms with Crippen LogP contribution in [0.4, 0.5) is 5.69 Å². The molecular weight excluding hydrogens is 304 g/mol. The second kappa shape index (κ2) is 7.34. The number of nitrogens with one attached hydrogen (secondary N) is 1. The quantitative estimate of drug-likeness (QED) is 0.889. The van der Waals surface area contributed by atoms with Gasteiger partial charge in [-0.15, -0.1) is 0 Å². The van der Waals surface area contributed by atoms with Gasteiger partial charge in [0.25, 0.3) is 0 Å². The van der Waals surface area contributed by atoms with Crippen LogP contribution in [0.25, 0.3) is 0 Å². The Morgan fingerprint density at radius 1 is 1.25 bits per heavy atom. The molecule has 1 aliphatic heterocycles. The molecule has 132 valence electrons. The minimum absolute atomic E-state index is 0.0576. The van der Waals surface area contributed by atoms with E-state index in [4.69, 9.17) is 0 Å². The summed E-state index contributed by atoms with van der Waals surface area (Å²) in [6.07, 6.45) is 0.681. The summed E-state index contributed by atoms with van der Waals surface area (Å²) in [5.41, 5.74) is 1.86. The molecule has 24 heavy (non-hydrogen) atoms. The number of anilines is 1. The molecule has 2 atom stereocenters. The minimum Gasteiger partial charge on any atom is -0.481 e. The molecule has 1 saturated heterocycles. The third-order valence-corrected chi connectivity index (χ3v) is 4.46. The molecule has 0 radical (unpaired) electrons. The molecule has 1 aromatic rings. The van der Waals surface area contributed by atoms with Gasteiger partial charge in [-0.3, -0.25) is 14.5 Å². The summed E-state index contributed by atoms with van der Waals surface area (Å²) in [5.74, 6) is -0.965. The Labute approximate surface area is 144 Å². The molecule has 2 rings (SSSR count). The van der Waals surface area contributed by atoms with E-state index in [1.807, 2.05) is 36.1 Å². The third kappa shape index (κ3) is 4.81. The Balaban J connectivity index is 2.02. The number of nitrogens with zero attached hydrogens (tertiary/aromatic N) is 1. The zero-order valence-electron chi connectivity index (χ0n) is 15.0. The van der Waals surface area contributed by atoms with Gasteiger partial charge in [0.05, 0.1) is 12.5 Å². The Bertz CT molecular complexity index is 607. The van der Waals surface area contributed by atoms with Gasteiger partial charge in [0.15, 0.2) is 0 Å². The van der Waals surface area contributed by atoms with Gasteiger partial charge in [-0.05, 0) is 29.4 Å². The van der Waals surface area contributed by atoms with Crippen LogP contribution in [-0.2, 0) is 15.0 Å². The van der Waals surface area contributed by atoms with Crippen molar-refractivity contribution >= 4 is 17.6 Å². The maximum absolute atomic E-state index is 12.4. The number of benzene rings is 1.